The molecule has 0 radical (unpaired) electrons. The number of unbranched alkanes of at least 4 members (excludes halogenated alkanes) is 1. The highest BCUT2D eigenvalue weighted by molar-refractivity contribution is 5.32. The van der Waals surface area contributed by atoms with Gasteiger partial charge in [-0.1, -0.05) is 6.07 Å². The van der Waals surface area contributed by atoms with Crippen LogP contribution >= 0.6 is 0 Å². The smallest absolute Gasteiger partial charge is 0.389 e. The Bertz CT molecular complexity index is 337. The highest BCUT2D eigenvalue weighted by atomic mass is 19.4. The summed E-state index contributed by atoms with van der Waals surface area (Å²) in [6.45, 7) is 0.281. The molecule has 1 aromatic carbocycles. The summed E-state index contributed by atoms with van der Waals surface area (Å²) in [5.74, 6) is 1.27. The lowest BCUT2D eigenvalue weighted by Gasteiger charge is -2.08. The van der Waals surface area contributed by atoms with Gasteiger partial charge in [-0.05, 0) is 25.0 Å². The van der Waals surface area contributed by atoms with E-state index in [1.807, 2.05) is 0 Å². The van der Waals surface area contributed by atoms with E-state index in [0.29, 0.717) is 17.9 Å². The van der Waals surface area contributed by atoms with Crippen LogP contribution < -0.4 is 9.47 Å². The Kier molecular flexibility index (Phi) is 5.12. The van der Waals surface area contributed by atoms with Gasteiger partial charge in [0, 0.05) is 12.5 Å². The highest BCUT2D eigenvalue weighted by Crippen LogP contribution is 2.23. The standard InChI is InChI=1S/C12H15F3O2/c1-16-10-5-4-6-11(9-10)17-8-3-2-7-12(13,14)15/h4-6,9H,2-3,7-8H2,1H3. The van der Waals surface area contributed by atoms with Crippen molar-refractivity contribution in [2.45, 2.75) is 25.4 Å². The van der Waals surface area contributed by atoms with E-state index in [9.17, 15) is 13.2 Å². The molecule has 0 spiro atoms. The number of hydrogen-bond donors (Lipinski definition) is 0. The number of benzene rings is 1. The molecule has 0 amide bonds. The first kappa shape index (κ1) is 13.7. The van der Waals surface area contributed by atoms with Crippen molar-refractivity contribution in [3.05, 3.63) is 24.3 Å². The molecule has 5 heteroatoms. The molecule has 0 aromatic heterocycles. The normalized spacial score (nSPS) is 11.3. The average molecular weight is 248 g/mol. The van der Waals surface area contributed by atoms with E-state index in [2.05, 4.69) is 0 Å². The van der Waals surface area contributed by atoms with Crippen molar-refractivity contribution in [1.82, 2.24) is 0 Å². The van der Waals surface area contributed by atoms with Crippen LogP contribution in [0.4, 0.5) is 13.2 Å². The molecule has 0 unspecified atom stereocenters. The van der Waals surface area contributed by atoms with Crippen LogP contribution in [0.2, 0.25) is 0 Å². The second-order valence-corrected chi connectivity index (χ2v) is 3.60. The van der Waals surface area contributed by atoms with Crippen molar-refractivity contribution in [2.75, 3.05) is 13.7 Å². The van der Waals surface area contributed by atoms with Crippen LogP contribution in [0.3, 0.4) is 0 Å². The predicted octanol–water partition coefficient (Wildman–Crippen LogP) is 3.81. The maximum absolute atomic E-state index is 11.8. The monoisotopic (exact) mass is 248 g/mol. The Hall–Kier alpha value is -1.39. The summed E-state index contributed by atoms with van der Waals surface area (Å²) in [5, 5.41) is 0. The zero-order valence-corrected chi connectivity index (χ0v) is 9.59. The summed E-state index contributed by atoms with van der Waals surface area (Å²) in [6.07, 6.45) is -4.35. The van der Waals surface area contributed by atoms with Gasteiger partial charge in [0.25, 0.3) is 0 Å². The van der Waals surface area contributed by atoms with Gasteiger partial charge >= 0.3 is 6.18 Å². The molecule has 1 aromatic rings. The Labute approximate surface area is 98.3 Å². The van der Waals surface area contributed by atoms with Gasteiger partial charge in [0.05, 0.1) is 13.7 Å². The molecule has 0 bridgehead atoms. The quantitative estimate of drug-likeness (QED) is 0.713. The maximum Gasteiger partial charge on any atom is 0.389 e. The minimum absolute atomic E-state index is 0.0907. The van der Waals surface area contributed by atoms with E-state index in [-0.39, 0.29) is 13.0 Å². The summed E-state index contributed by atoms with van der Waals surface area (Å²) in [5.41, 5.74) is 0. The fourth-order valence-corrected chi connectivity index (χ4v) is 1.31. The predicted molar refractivity (Wildman–Crippen MR) is 58.4 cm³/mol. The maximum atomic E-state index is 11.8. The largest absolute Gasteiger partial charge is 0.497 e. The first-order chi connectivity index (χ1) is 8.01. The van der Waals surface area contributed by atoms with Crippen molar-refractivity contribution in [3.8, 4) is 11.5 Å². The number of hydrogen-bond acceptors (Lipinski definition) is 2. The molecule has 17 heavy (non-hydrogen) atoms. The summed E-state index contributed by atoms with van der Waals surface area (Å²) >= 11 is 0. The molecule has 0 N–H and O–H groups in total. The zero-order chi connectivity index (χ0) is 12.7. The van der Waals surface area contributed by atoms with E-state index in [1.165, 1.54) is 0 Å². The summed E-state index contributed by atoms with van der Waals surface area (Å²) in [4.78, 5) is 0. The third-order valence-corrected chi connectivity index (χ3v) is 2.16. The van der Waals surface area contributed by atoms with Gasteiger partial charge < -0.3 is 9.47 Å². The average Bonchev–Trinajstić information content (AvgIpc) is 2.27. The molecule has 0 saturated heterocycles. The van der Waals surface area contributed by atoms with Gasteiger partial charge in [0.2, 0.25) is 0 Å². The molecule has 0 aliphatic carbocycles. The Morgan fingerprint density at radius 2 is 1.82 bits per heavy atom. The van der Waals surface area contributed by atoms with Gasteiger partial charge in [-0.25, -0.2) is 0 Å². The van der Waals surface area contributed by atoms with E-state index in [0.717, 1.165) is 0 Å². The van der Waals surface area contributed by atoms with Gasteiger partial charge in [-0.2, -0.15) is 13.2 Å². The number of rotatable bonds is 6. The molecule has 96 valence electrons. The fraction of sp³-hybridized carbons (Fsp3) is 0.500. The second-order valence-electron chi connectivity index (χ2n) is 3.60. The van der Waals surface area contributed by atoms with Crippen LogP contribution in [-0.4, -0.2) is 19.9 Å². The fourth-order valence-electron chi connectivity index (χ4n) is 1.31. The molecule has 1 rings (SSSR count). The van der Waals surface area contributed by atoms with Crippen molar-refractivity contribution in [2.24, 2.45) is 0 Å². The summed E-state index contributed by atoms with van der Waals surface area (Å²) in [6, 6.07) is 6.98. The van der Waals surface area contributed by atoms with Gasteiger partial charge in [-0.15, -0.1) is 0 Å². The molecule has 0 aliphatic rings. The van der Waals surface area contributed by atoms with Crippen molar-refractivity contribution in [1.29, 1.82) is 0 Å². The number of methoxy groups -OCH3 is 1. The molecule has 0 saturated carbocycles. The van der Waals surface area contributed by atoms with Crippen LogP contribution in [0.1, 0.15) is 19.3 Å². The van der Waals surface area contributed by atoms with Crippen LogP contribution in [0, 0.1) is 0 Å². The minimum atomic E-state index is -4.07. The minimum Gasteiger partial charge on any atom is -0.497 e. The van der Waals surface area contributed by atoms with Gasteiger partial charge in [-0.3, -0.25) is 0 Å². The van der Waals surface area contributed by atoms with Crippen LogP contribution in [0.5, 0.6) is 11.5 Å². The molecule has 0 aliphatic heterocycles. The molecule has 0 heterocycles. The molecular weight excluding hydrogens is 233 g/mol. The highest BCUT2D eigenvalue weighted by Gasteiger charge is 2.25. The molecular formula is C12H15F3O2. The Morgan fingerprint density at radius 1 is 1.12 bits per heavy atom. The Balaban J connectivity index is 2.22. The lowest BCUT2D eigenvalue weighted by atomic mass is 10.2. The van der Waals surface area contributed by atoms with Crippen LogP contribution in [0.15, 0.2) is 24.3 Å². The van der Waals surface area contributed by atoms with Crippen molar-refractivity contribution < 1.29 is 22.6 Å². The summed E-state index contributed by atoms with van der Waals surface area (Å²) in [7, 11) is 1.54. The van der Waals surface area contributed by atoms with Crippen LogP contribution in [0.25, 0.3) is 0 Å². The summed E-state index contributed by atoms with van der Waals surface area (Å²) < 4.78 is 45.9. The van der Waals surface area contributed by atoms with Gasteiger partial charge in [0.1, 0.15) is 11.5 Å². The van der Waals surface area contributed by atoms with Gasteiger partial charge in [0.15, 0.2) is 0 Å². The number of halogens is 3. The molecule has 0 atom stereocenters. The van der Waals surface area contributed by atoms with E-state index < -0.39 is 12.6 Å². The number of ether oxygens (including phenoxy) is 2. The Morgan fingerprint density at radius 3 is 2.47 bits per heavy atom. The lowest BCUT2D eigenvalue weighted by molar-refractivity contribution is -0.135. The van der Waals surface area contributed by atoms with E-state index in [1.54, 1.807) is 31.4 Å². The van der Waals surface area contributed by atoms with Crippen LogP contribution in [-0.2, 0) is 0 Å². The van der Waals surface area contributed by atoms with E-state index in [4.69, 9.17) is 9.47 Å². The first-order valence-electron chi connectivity index (χ1n) is 5.35. The zero-order valence-electron chi connectivity index (χ0n) is 9.59. The SMILES string of the molecule is COc1cccc(OCCCCC(F)(F)F)c1. The number of alkyl halides is 3. The third kappa shape index (κ3) is 6.04. The van der Waals surface area contributed by atoms with E-state index >= 15 is 0 Å². The second kappa shape index (κ2) is 6.37. The van der Waals surface area contributed by atoms with Crippen molar-refractivity contribution in [3.63, 3.8) is 0 Å². The van der Waals surface area contributed by atoms with Crippen molar-refractivity contribution >= 4 is 0 Å². The third-order valence-electron chi connectivity index (χ3n) is 2.16. The molecule has 0 fully saturated rings. The first-order valence-corrected chi connectivity index (χ1v) is 5.35. The topological polar surface area (TPSA) is 18.5 Å². The molecule has 2 nitrogen and oxygen atoms in total. The lowest BCUT2D eigenvalue weighted by Crippen LogP contribution is -2.07.